The van der Waals surface area contributed by atoms with Gasteiger partial charge in [-0.05, 0) is 194 Å². The second kappa shape index (κ2) is 40.9. The Morgan fingerprint density at radius 1 is 0.451 bits per heavy atom. The summed E-state index contributed by atoms with van der Waals surface area (Å²) in [6.07, 6.45) is 12.9. The molecule has 0 bridgehead atoms. The average molecular weight is 2000 g/mol. The molecule has 13 aromatic heterocycles. The molecule has 0 aliphatic heterocycles. The third-order valence-corrected chi connectivity index (χ3v) is 24.6. The van der Waals surface area contributed by atoms with Gasteiger partial charge in [-0.15, -0.1) is 0 Å². The number of halogens is 4. The topological polar surface area (TPSA) is 502 Å². The van der Waals surface area contributed by atoms with E-state index in [0.717, 1.165) is 47.5 Å². The number of nitriles is 4. The number of primary amides is 1. The van der Waals surface area contributed by atoms with Crippen molar-refractivity contribution in [2.75, 3.05) is 13.2 Å². The number of nitrogens with two attached hydrogens (primary N) is 1. The van der Waals surface area contributed by atoms with Crippen molar-refractivity contribution in [2.24, 2.45) is 5.73 Å². The number of carbonyl (C=O) groups is 2. The summed E-state index contributed by atoms with van der Waals surface area (Å²) in [5, 5.41) is 124. The lowest BCUT2D eigenvalue weighted by Crippen LogP contribution is -2.24. The van der Waals surface area contributed by atoms with E-state index in [1.54, 1.807) is 143 Å². The molecular formula is C107H91BrF3N21O12. The summed E-state index contributed by atoms with van der Waals surface area (Å²) in [5.74, 6) is -2.84. The Kier molecular flexibility index (Phi) is 28.7. The van der Waals surface area contributed by atoms with Gasteiger partial charge in [0.05, 0.1) is 153 Å². The zero-order chi connectivity index (χ0) is 104. The first-order chi connectivity index (χ1) is 68.7. The molecule has 6 aromatic carbocycles. The summed E-state index contributed by atoms with van der Waals surface area (Å²) < 4.78 is 55.6. The number of aliphatic hydroxyl groups excluding tert-OH is 7. The van der Waals surface area contributed by atoms with Gasteiger partial charge in [-0.3, -0.25) is 37.7 Å². The van der Waals surface area contributed by atoms with E-state index in [0.29, 0.717) is 116 Å². The predicted octanol–water partition coefficient (Wildman–Crippen LogP) is 15.9. The highest BCUT2D eigenvalue weighted by Gasteiger charge is 2.29. The molecule has 13 heterocycles. The lowest BCUT2D eigenvalue weighted by molar-refractivity contribution is 0.0925. The first-order valence-corrected chi connectivity index (χ1v) is 45.3. The number of hydrogen-bond donors (Lipinski definition) is 9. The number of nitrogens with zero attached hydrogens (tertiary/aromatic N) is 19. The zero-order valence-corrected chi connectivity index (χ0v) is 80.7. The fourth-order valence-corrected chi connectivity index (χ4v) is 16.8. The zero-order valence-electron chi connectivity index (χ0n) is 79.1. The van der Waals surface area contributed by atoms with Crippen LogP contribution in [0.25, 0.3) is 134 Å². The van der Waals surface area contributed by atoms with Gasteiger partial charge in [0.15, 0.2) is 0 Å². The molecule has 37 heteroatoms. The molecule has 0 aliphatic carbocycles. The van der Waals surface area contributed by atoms with Crippen LogP contribution >= 0.6 is 15.9 Å². The van der Waals surface area contributed by atoms with E-state index in [9.17, 15) is 70.2 Å². The quantitative estimate of drug-likeness (QED) is 0.0406. The number of aromatic nitrogens is 16. The molecule has 0 saturated heterocycles. The molecule has 0 radical (unpaired) electrons. The van der Waals surface area contributed by atoms with E-state index >= 15 is 13.2 Å². The molecule has 144 heavy (non-hydrogen) atoms. The molecule has 19 rings (SSSR count). The minimum absolute atomic E-state index is 0.0761. The summed E-state index contributed by atoms with van der Waals surface area (Å²) in [6, 6.07) is 49.5. The van der Waals surface area contributed by atoms with Crippen LogP contribution in [-0.4, -0.2) is 138 Å². The monoisotopic (exact) mass is 2000 g/mol. The molecule has 0 spiro atoms. The van der Waals surface area contributed by atoms with Crippen molar-refractivity contribution in [2.45, 2.75) is 118 Å². The number of pyridine rings is 5. The van der Waals surface area contributed by atoms with Gasteiger partial charge in [0.1, 0.15) is 86.8 Å². The number of aromatic amines is 1. The fourth-order valence-electron chi connectivity index (χ4n) is 16.5. The molecule has 724 valence electrons. The van der Waals surface area contributed by atoms with Gasteiger partial charge in [-0.1, -0.05) is 93.7 Å². The Bertz CT molecular complexity index is 8850. The highest BCUT2D eigenvalue weighted by Crippen LogP contribution is 2.38. The summed E-state index contributed by atoms with van der Waals surface area (Å²) in [6.45, 7) is 23.8. The molecule has 1 amide bonds. The van der Waals surface area contributed by atoms with Crippen LogP contribution in [0, 0.1) is 62.8 Å². The second-order valence-corrected chi connectivity index (χ2v) is 37.2. The number of carbonyl (C=O) groups excluding carboxylic acids is 2. The second-order valence-electron chi connectivity index (χ2n) is 36.3. The van der Waals surface area contributed by atoms with E-state index in [1.165, 1.54) is 83.6 Å². The van der Waals surface area contributed by atoms with Crippen molar-refractivity contribution in [3.63, 3.8) is 0 Å². The summed E-state index contributed by atoms with van der Waals surface area (Å²) in [7, 11) is 0. The van der Waals surface area contributed by atoms with Crippen LogP contribution in [0.2, 0.25) is 0 Å². The maximum absolute atomic E-state index is 15.3. The number of H-pyrrole nitrogens is 1. The van der Waals surface area contributed by atoms with Gasteiger partial charge in [-0.2, -0.15) is 50.4 Å². The summed E-state index contributed by atoms with van der Waals surface area (Å²) >= 11 is 3.23. The van der Waals surface area contributed by atoms with Crippen molar-refractivity contribution >= 4 is 127 Å². The van der Waals surface area contributed by atoms with Crippen LogP contribution in [0.3, 0.4) is 0 Å². The third-order valence-electron chi connectivity index (χ3n) is 24.2. The number of aliphatic hydroxyl groups is 7. The normalized spacial score (nSPS) is 11.9. The van der Waals surface area contributed by atoms with Crippen LogP contribution < -0.4 is 22.4 Å². The Balaban J connectivity index is 0.000000143. The minimum atomic E-state index is -1.26. The summed E-state index contributed by atoms with van der Waals surface area (Å²) in [4.78, 5) is 88.9. The molecule has 10 N–H and O–H groups in total. The van der Waals surface area contributed by atoms with Crippen molar-refractivity contribution in [3.8, 4) is 58.4 Å². The first-order valence-electron chi connectivity index (χ1n) is 44.5. The van der Waals surface area contributed by atoms with Gasteiger partial charge < -0.3 is 51.0 Å². The maximum atomic E-state index is 15.3. The Labute approximate surface area is 826 Å². The Morgan fingerprint density at radius 3 is 1.17 bits per heavy atom. The molecule has 0 aliphatic rings. The highest BCUT2D eigenvalue weighted by atomic mass is 79.9. The van der Waals surface area contributed by atoms with E-state index < -0.39 is 85.3 Å². The number of nitrogens with one attached hydrogen (secondary N) is 1. The predicted molar refractivity (Wildman–Crippen MR) is 541 cm³/mol. The van der Waals surface area contributed by atoms with Crippen molar-refractivity contribution in [1.29, 1.82) is 21.0 Å². The van der Waals surface area contributed by atoms with Crippen molar-refractivity contribution in [3.05, 3.63) is 351 Å². The molecular weight excluding hydrogens is 1910 g/mol. The fraction of sp³-hybridized carbons (Fsp3) is 0.187. The lowest BCUT2D eigenvalue weighted by Gasteiger charge is -2.20. The number of amides is 1. The van der Waals surface area contributed by atoms with Crippen LogP contribution in [0.4, 0.5) is 13.2 Å². The largest absolute Gasteiger partial charge is 0.393 e. The van der Waals surface area contributed by atoms with Crippen LogP contribution in [0.5, 0.6) is 0 Å². The number of fused-ring (bicyclic) bond motifs is 8. The van der Waals surface area contributed by atoms with Crippen molar-refractivity contribution in [1.82, 2.24) is 77.5 Å². The third kappa shape index (κ3) is 19.4. The Hall–Kier alpha value is -17.2. The smallest absolute Gasteiger partial charge is 0.282 e. The van der Waals surface area contributed by atoms with Gasteiger partial charge >= 0.3 is 0 Å². The number of benzene rings is 6. The standard InChI is InChI=1S/C29H28FN5O5.C29H26FN5O4.C29H24FN5O2.C10H6BrN3O.C10H7N3/c1-29(2,3)16-9-15-11-32-35(28(40)25(15)20(30)10-16)23-6-4-5-22(19(23)13-36)34-12-18(26(31)39)17-7-8-21(24(38)14-37)33-27(17)34;1-29(2,3)18-9-16-12-32-35(28(39)26(16)21(30)10-18)24-6-4-5-23(20(24)14-36)34-13-17(11-31)19-7-8-22(25(38)15-37)33-27(19)34;1-5-20-9-10-21-18(13-31)15-34(27(21)33-20)24-7-6-8-25(22(24)16-36)35-28(37)26-17(14-32-35)11-19(12-23(26)30)29(2,3)4;1-6(15)14-5-7(4-12)8-2-3-9(11)13-10(8)14;1-2-8-3-4-9-7(5-11)6-12-10(9)13-8/h4-12,24,36-38H,13-14H2,1-3H3,(H2,31,39);4-10,12-13,25,36-38H,14-15H2,1-3H3;5-12,14-15,36H,1,16H2,2-4H3;2-3,5H,1H3;2-4,6H,1H2,(H,12,13). The number of rotatable bonds is 16. The molecule has 2 unspecified atom stereocenters. The first kappa shape index (κ1) is 101. The molecule has 0 saturated carbocycles. The van der Waals surface area contributed by atoms with E-state index in [-0.39, 0.29) is 83.4 Å². The number of hydrogen-bond acceptors (Lipinski definition) is 24. The van der Waals surface area contributed by atoms with E-state index in [4.69, 9.17) is 16.3 Å². The van der Waals surface area contributed by atoms with Gasteiger partial charge in [0.2, 0.25) is 5.91 Å². The minimum Gasteiger partial charge on any atom is -0.393 e. The van der Waals surface area contributed by atoms with Crippen LogP contribution in [0.1, 0.15) is 175 Å². The lowest BCUT2D eigenvalue weighted by atomic mass is 9.86. The van der Waals surface area contributed by atoms with E-state index in [2.05, 4.69) is 92.5 Å². The van der Waals surface area contributed by atoms with Gasteiger partial charge in [0.25, 0.3) is 22.6 Å². The summed E-state index contributed by atoms with van der Waals surface area (Å²) in [5.41, 5.74) is 13.7. The van der Waals surface area contributed by atoms with Crippen LogP contribution in [-0.2, 0) is 36.1 Å². The average Bonchev–Trinajstić information content (AvgIpc) is 1.53. The Morgan fingerprint density at radius 2 is 0.799 bits per heavy atom. The molecule has 0 fully saturated rings. The van der Waals surface area contributed by atoms with E-state index in [1.807, 2.05) is 80.5 Å². The SMILES string of the molecule is C=Cc1ccc2c(C#N)c[nH]c2n1.C=Cc1ccc2c(C#N)cn(-c3cccc(-n4ncc5cc(C(C)(C)C)cc(F)c5c4=O)c3CO)c2n1.CC(=O)n1cc(C#N)c2ccc(Br)nc21.CC(C)(C)c1cc(F)c2c(=O)n(-c3cccc(-n4cc(C#N)c5ccc(C(O)CO)nc54)c3CO)ncc2c1.CC(C)(C)c1cc(F)c2c(=O)n(-c3cccc(-n4cc(C(N)=O)c5ccc(C(O)CO)nc54)c3CO)ncc2c1. The van der Waals surface area contributed by atoms with Gasteiger partial charge in [0, 0.05) is 97.7 Å². The van der Waals surface area contributed by atoms with Crippen LogP contribution in [0.15, 0.2) is 233 Å². The van der Waals surface area contributed by atoms with Gasteiger partial charge in [-0.25, -0.2) is 38.1 Å². The maximum Gasteiger partial charge on any atom is 0.282 e. The molecule has 33 nitrogen and oxygen atoms in total. The van der Waals surface area contributed by atoms with Crippen molar-refractivity contribution < 1.29 is 58.5 Å². The molecule has 2 atom stereocenters. The highest BCUT2D eigenvalue weighted by molar-refractivity contribution is 9.10. The molecule has 19 aromatic rings.